The Hall–Kier alpha value is -4.41. The Morgan fingerprint density at radius 2 is 1.80 bits per heavy atom. The fraction of sp³-hybridized carbons (Fsp3) is 0.382. The van der Waals surface area contributed by atoms with Gasteiger partial charge in [-0.1, -0.05) is 48.5 Å². The average molecular weight is 598 g/mol. The van der Waals surface area contributed by atoms with Crippen molar-refractivity contribution in [3.63, 3.8) is 0 Å². The zero-order valence-electron chi connectivity index (χ0n) is 25.1. The van der Waals surface area contributed by atoms with Crippen LogP contribution in [0, 0.1) is 5.92 Å². The van der Waals surface area contributed by atoms with Crippen LogP contribution in [0.15, 0.2) is 82.9 Å². The molecule has 0 spiro atoms. The Balaban J connectivity index is 1.19. The molecule has 1 amide bonds. The number of ether oxygens (including phenoxy) is 1. The molecule has 3 heterocycles. The lowest BCUT2D eigenvalue weighted by atomic mass is 9.91. The lowest BCUT2D eigenvalue weighted by molar-refractivity contribution is -0.137. The predicted molar refractivity (Wildman–Crippen MR) is 170 cm³/mol. The number of carbonyl (C=O) groups is 2. The first kappa shape index (κ1) is 31.0. The summed E-state index contributed by atoms with van der Waals surface area (Å²) in [6.45, 7) is 5.01. The van der Waals surface area contributed by atoms with Gasteiger partial charge in [-0.3, -0.25) is 24.6 Å². The van der Waals surface area contributed by atoms with Crippen LogP contribution in [-0.4, -0.2) is 70.4 Å². The number of piperidine rings is 1. The zero-order chi connectivity index (χ0) is 31.1. The quantitative estimate of drug-likeness (QED) is 0.297. The van der Waals surface area contributed by atoms with Crippen molar-refractivity contribution in [1.82, 2.24) is 10.3 Å². The molecule has 2 aromatic carbocycles. The second kappa shape index (κ2) is 13.9. The van der Waals surface area contributed by atoms with Crippen molar-refractivity contribution in [3.8, 4) is 11.3 Å². The van der Waals surface area contributed by atoms with Crippen molar-refractivity contribution in [1.29, 1.82) is 0 Å². The van der Waals surface area contributed by atoms with Crippen LogP contribution in [0.25, 0.3) is 11.3 Å². The lowest BCUT2D eigenvalue weighted by Gasteiger charge is -2.35. The van der Waals surface area contributed by atoms with Crippen LogP contribution in [0.5, 0.6) is 0 Å². The minimum atomic E-state index is -1.18. The zero-order valence-corrected chi connectivity index (χ0v) is 25.1. The summed E-state index contributed by atoms with van der Waals surface area (Å²) in [4.78, 5) is 40.4. The minimum Gasteiger partial charge on any atom is -0.480 e. The fourth-order valence-electron chi connectivity index (χ4n) is 5.54. The summed E-state index contributed by atoms with van der Waals surface area (Å²) in [6, 6.07) is 21.8. The number of anilines is 1. The van der Waals surface area contributed by atoms with Crippen LogP contribution < -0.4 is 10.2 Å². The summed E-state index contributed by atoms with van der Waals surface area (Å²) < 4.78 is 6.14. The molecule has 0 bridgehead atoms. The van der Waals surface area contributed by atoms with Gasteiger partial charge >= 0.3 is 5.97 Å². The van der Waals surface area contributed by atoms with Gasteiger partial charge < -0.3 is 25.2 Å². The third kappa shape index (κ3) is 7.75. The number of hydrogen-bond acceptors (Lipinski definition) is 8. The van der Waals surface area contributed by atoms with Gasteiger partial charge in [0, 0.05) is 36.8 Å². The van der Waals surface area contributed by atoms with E-state index in [0.29, 0.717) is 12.3 Å². The highest BCUT2D eigenvalue weighted by atomic mass is 16.5. The van der Waals surface area contributed by atoms with Crippen LogP contribution in [0.3, 0.4) is 0 Å². The number of aliphatic imine (C=N–C) groups is 2. The number of benzene rings is 2. The second-order valence-corrected chi connectivity index (χ2v) is 11.6. The average Bonchev–Trinajstić information content (AvgIpc) is 3.04. The van der Waals surface area contributed by atoms with Crippen molar-refractivity contribution < 1.29 is 24.5 Å². The van der Waals surface area contributed by atoms with Crippen LogP contribution >= 0.6 is 0 Å². The number of nitrogens with one attached hydrogen (secondary N) is 1. The van der Waals surface area contributed by atoms with Gasteiger partial charge in [0.2, 0.25) is 0 Å². The van der Waals surface area contributed by atoms with Gasteiger partial charge in [-0.05, 0) is 68.4 Å². The second-order valence-electron chi connectivity index (χ2n) is 11.6. The van der Waals surface area contributed by atoms with Crippen LogP contribution in [-0.2, 0) is 20.9 Å². The van der Waals surface area contributed by atoms with Gasteiger partial charge in [0.1, 0.15) is 24.0 Å². The number of nitrogens with zero attached hydrogens (tertiary/aromatic N) is 4. The molecule has 2 aliphatic heterocycles. The SMILES string of the molecule is CC(O)c1ccc(-c2ccc(N3CCC(CC4N=CC(C)(OCc5ccccc5)C(C(=O)NCC(=O)O)=N4)CC3)cc2)nc1. The first-order valence-electron chi connectivity index (χ1n) is 15.0. The van der Waals surface area contributed by atoms with E-state index in [1.807, 2.05) is 42.5 Å². The Kier molecular flexibility index (Phi) is 9.82. The molecule has 10 nitrogen and oxygen atoms in total. The summed E-state index contributed by atoms with van der Waals surface area (Å²) in [5, 5.41) is 21.2. The third-order valence-corrected chi connectivity index (χ3v) is 8.19. The van der Waals surface area contributed by atoms with Crippen LogP contribution in [0.1, 0.15) is 50.3 Å². The normalized spacial score (nSPS) is 21.0. The number of pyridine rings is 1. The van der Waals surface area contributed by atoms with Gasteiger partial charge in [-0.2, -0.15) is 0 Å². The number of carboxylic acid groups (broad SMARTS) is 1. The fourth-order valence-corrected chi connectivity index (χ4v) is 5.54. The summed E-state index contributed by atoms with van der Waals surface area (Å²) in [6.07, 6.45) is 5.01. The molecule has 0 aliphatic carbocycles. The molecule has 3 atom stereocenters. The highest BCUT2D eigenvalue weighted by Crippen LogP contribution is 2.30. The molecule has 10 heteroatoms. The largest absolute Gasteiger partial charge is 0.480 e. The van der Waals surface area contributed by atoms with E-state index in [1.54, 1.807) is 26.3 Å². The number of rotatable bonds is 11. The van der Waals surface area contributed by atoms with Crippen molar-refractivity contribution >= 4 is 29.5 Å². The third-order valence-electron chi connectivity index (χ3n) is 8.19. The number of aliphatic hydroxyl groups excluding tert-OH is 1. The number of carboxylic acids is 1. The first-order chi connectivity index (χ1) is 21.2. The lowest BCUT2D eigenvalue weighted by Crippen LogP contribution is -2.52. The molecule has 3 aromatic rings. The highest BCUT2D eigenvalue weighted by molar-refractivity contribution is 6.45. The van der Waals surface area contributed by atoms with Crippen molar-refractivity contribution in [3.05, 3.63) is 84.1 Å². The van der Waals surface area contributed by atoms with E-state index in [9.17, 15) is 14.7 Å². The predicted octanol–water partition coefficient (Wildman–Crippen LogP) is 4.44. The van der Waals surface area contributed by atoms with Crippen LogP contribution in [0.2, 0.25) is 0 Å². The van der Waals surface area contributed by atoms with Crippen molar-refractivity contribution in [2.45, 2.75) is 57.6 Å². The van der Waals surface area contributed by atoms with E-state index in [2.05, 4.69) is 44.5 Å². The number of aliphatic carboxylic acids is 1. The molecule has 5 rings (SSSR count). The maximum absolute atomic E-state index is 13.1. The molecule has 1 fully saturated rings. The monoisotopic (exact) mass is 597 g/mol. The summed E-state index contributed by atoms with van der Waals surface area (Å²) >= 11 is 0. The molecule has 0 saturated carbocycles. The Labute approximate surface area is 257 Å². The molecule has 1 saturated heterocycles. The van der Waals surface area contributed by atoms with Crippen molar-refractivity contribution in [2.24, 2.45) is 15.9 Å². The molecule has 3 unspecified atom stereocenters. The maximum Gasteiger partial charge on any atom is 0.322 e. The number of aromatic nitrogens is 1. The van der Waals surface area contributed by atoms with E-state index in [-0.39, 0.29) is 12.3 Å². The van der Waals surface area contributed by atoms with E-state index >= 15 is 0 Å². The summed E-state index contributed by atoms with van der Waals surface area (Å²) in [5.41, 5.74) is 3.74. The smallest absolute Gasteiger partial charge is 0.322 e. The van der Waals surface area contributed by atoms with Gasteiger partial charge in [-0.15, -0.1) is 0 Å². The van der Waals surface area contributed by atoms with E-state index in [4.69, 9.17) is 14.8 Å². The molecule has 230 valence electrons. The highest BCUT2D eigenvalue weighted by Gasteiger charge is 2.39. The number of carbonyl (C=O) groups excluding carboxylic acids is 1. The Morgan fingerprint density at radius 3 is 2.43 bits per heavy atom. The topological polar surface area (TPSA) is 137 Å². The number of amides is 1. The Morgan fingerprint density at radius 1 is 1.07 bits per heavy atom. The van der Waals surface area contributed by atoms with Gasteiger partial charge in [0.15, 0.2) is 0 Å². The van der Waals surface area contributed by atoms with E-state index < -0.39 is 36.3 Å². The van der Waals surface area contributed by atoms with Gasteiger partial charge in [-0.25, -0.2) is 0 Å². The summed E-state index contributed by atoms with van der Waals surface area (Å²) in [5.74, 6) is -1.31. The van der Waals surface area contributed by atoms with E-state index in [1.165, 1.54) is 0 Å². The molecule has 2 aliphatic rings. The van der Waals surface area contributed by atoms with E-state index in [0.717, 1.165) is 54.0 Å². The summed E-state index contributed by atoms with van der Waals surface area (Å²) in [7, 11) is 0. The molecule has 3 N–H and O–H groups in total. The molecule has 1 aromatic heterocycles. The molecular weight excluding hydrogens is 558 g/mol. The number of hydrogen-bond donors (Lipinski definition) is 3. The molecule has 0 radical (unpaired) electrons. The standard InChI is InChI=1S/C34H39N5O5/c1-23(40)27-10-13-29(35-19-27)26-8-11-28(12-9-26)39-16-14-24(15-17-39)18-30-37-22-34(2,44-21-25-6-4-3-5-7-25)32(38-30)33(43)36-20-31(41)42/h3-13,19,22-24,30,40H,14-18,20-21H2,1-2H3,(H,36,43)(H,41,42). The maximum atomic E-state index is 13.1. The number of aliphatic hydroxyl groups is 1. The van der Waals surface area contributed by atoms with Crippen molar-refractivity contribution in [2.75, 3.05) is 24.5 Å². The van der Waals surface area contributed by atoms with Crippen LogP contribution in [0.4, 0.5) is 5.69 Å². The van der Waals surface area contributed by atoms with Gasteiger partial charge in [0.05, 0.1) is 18.4 Å². The Bertz CT molecular complexity index is 1480. The minimum absolute atomic E-state index is 0.141. The van der Waals surface area contributed by atoms with Gasteiger partial charge in [0.25, 0.3) is 5.91 Å². The molecule has 44 heavy (non-hydrogen) atoms. The molecular formula is C34H39N5O5. The first-order valence-corrected chi connectivity index (χ1v) is 15.0.